The van der Waals surface area contributed by atoms with Crippen molar-refractivity contribution in [3.8, 4) is 33.4 Å². The summed E-state index contributed by atoms with van der Waals surface area (Å²) >= 11 is 1.84. The molecule has 2 heteroatoms. The highest BCUT2D eigenvalue weighted by Gasteiger charge is 2.19. The van der Waals surface area contributed by atoms with Gasteiger partial charge in [0.25, 0.3) is 0 Å². The van der Waals surface area contributed by atoms with E-state index in [2.05, 4.69) is 164 Å². The molecule has 0 aliphatic heterocycles. The Hall–Kier alpha value is -5.83. The first-order chi connectivity index (χ1) is 23.3. The van der Waals surface area contributed by atoms with Crippen molar-refractivity contribution in [2.45, 2.75) is 0 Å². The number of fused-ring (bicyclic) bond motifs is 7. The average Bonchev–Trinajstić information content (AvgIpc) is 3.50. The summed E-state index contributed by atoms with van der Waals surface area (Å²) in [5.41, 5.74) is 9.60. The predicted molar refractivity (Wildman–Crippen MR) is 203 cm³/mol. The van der Waals surface area contributed by atoms with Crippen molar-refractivity contribution in [1.29, 1.82) is 0 Å². The first-order valence-corrected chi connectivity index (χ1v) is 16.9. The van der Waals surface area contributed by atoms with E-state index in [-0.39, 0.29) is 0 Å². The summed E-state index contributed by atoms with van der Waals surface area (Å²) in [6.07, 6.45) is 0. The number of benzene rings is 8. The van der Waals surface area contributed by atoms with Crippen molar-refractivity contribution in [2.75, 3.05) is 0 Å². The maximum Gasteiger partial charge on any atom is 0.0902 e. The minimum Gasteiger partial charge on any atom is -0.246 e. The summed E-state index contributed by atoms with van der Waals surface area (Å²) in [7, 11) is 0. The quantitative estimate of drug-likeness (QED) is 0.181. The second-order valence-corrected chi connectivity index (χ2v) is 13.3. The monoisotopic (exact) mass is 613 g/mol. The molecule has 0 atom stereocenters. The van der Waals surface area contributed by atoms with E-state index in [9.17, 15) is 0 Å². The summed E-state index contributed by atoms with van der Waals surface area (Å²) in [6, 6.07) is 59.7. The van der Waals surface area contributed by atoms with Gasteiger partial charge >= 0.3 is 0 Å². The van der Waals surface area contributed by atoms with Gasteiger partial charge in [0, 0.05) is 21.0 Å². The van der Waals surface area contributed by atoms with Crippen LogP contribution in [-0.4, -0.2) is 4.98 Å². The fraction of sp³-hybridized carbons (Fsp3) is 0. The molecular weight excluding hydrogens is 587 g/mol. The molecule has 0 saturated heterocycles. The van der Waals surface area contributed by atoms with Crippen LogP contribution >= 0.6 is 11.3 Å². The molecule has 0 radical (unpaired) electrons. The SMILES string of the molecule is c1cc(-c2c3ccccc3c(-c3ccc4ccccc4c3)c3ccccc23)cc(-c2c3ccccc3nc3c2sc2ccccc23)c1. The molecule has 0 unspecified atom stereocenters. The number of nitrogens with zero attached hydrogens (tertiary/aromatic N) is 1. The van der Waals surface area contributed by atoms with E-state index in [4.69, 9.17) is 4.98 Å². The van der Waals surface area contributed by atoms with Gasteiger partial charge in [-0.3, -0.25) is 0 Å². The number of aromatic nitrogens is 1. The van der Waals surface area contributed by atoms with Crippen molar-refractivity contribution in [3.63, 3.8) is 0 Å². The second kappa shape index (κ2) is 10.3. The fourth-order valence-electron chi connectivity index (χ4n) is 7.55. The molecule has 0 saturated carbocycles. The molecule has 2 aromatic heterocycles. The largest absolute Gasteiger partial charge is 0.246 e. The van der Waals surface area contributed by atoms with Crippen LogP contribution in [0.1, 0.15) is 0 Å². The van der Waals surface area contributed by atoms with Gasteiger partial charge in [-0.1, -0.05) is 140 Å². The molecule has 47 heavy (non-hydrogen) atoms. The summed E-state index contributed by atoms with van der Waals surface area (Å²) in [6.45, 7) is 0. The van der Waals surface area contributed by atoms with Crippen LogP contribution in [0.2, 0.25) is 0 Å². The lowest BCUT2D eigenvalue weighted by atomic mass is 9.85. The van der Waals surface area contributed by atoms with Crippen LogP contribution in [0.3, 0.4) is 0 Å². The Kier molecular flexibility index (Phi) is 5.81. The van der Waals surface area contributed by atoms with Gasteiger partial charge in [0.05, 0.1) is 15.7 Å². The maximum absolute atomic E-state index is 5.18. The van der Waals surface area contributed by atoms with Crippen LogP contribution in [0.5, 0.6) is 0 Å². The molecule has 218 valence electrons. The summed E-state index contributed by atoms with van der Waals surface area (Å²) in [5, 5.41) is 9.98. The third-order valence-electron chi connectivity index (χ3n) is 9.61. The smallest absolute Gasteiger partial charge is 0.0902 e. The van der Waals surface area contributed by atoms with Gasteiger partial charge in [0.2, 0.25) is 0 Å². The molecule has 0 amide bonds. The van der Waals surface area contributed by atoms with Crippen molar-refractivity contribution >= 4 is 74.9 Å². The number of hydrogen-bond donors (Lipinski definition) is 0. The van der Waals surface area contributed by atoms with E-state index in [1.54, 1.807) is 0 Å². The molecule has 1 nitrogen and oxygen atoms in total. The molecule has 10 rings (SSSR count). The third-order valence-corrected chi connectivity index (χ3v) is 10.8. The van der Waals surface area contributed by atoms with Gasteiger partial charge in [0.15, 0.2) is 0 Å². The number of para-hydroxylation sites is 1. The van der Waals surface area contributed by atoms with E-state index in [1.165, 1.54) is 85.9 Å². The van der Waals surface area contributed by atoms with Crippen LogP contribution in [0, 0.1) is 0 Å². The third kappa shape index (κ3) is 4.05. The highest BCUT2D eigenvalue weighted by Crippen LogP contribution is 2.47. The minimum absolute atomic E-state index is 1.03. The van der Waals surface area contributed by atoms with Crippen LogP contribution in [-0.2, 0) is 0 Å². The zero-order valence-electron chi connectivity index (χ0n) is 25.4. The molecule has 0 fully saturated rings. The van der Waals surface area contributed by atoms with Crippen LogP contribution in [0.4, 0.5) is 0 Å². The Bertz CT molecular complexity index is 2800. The first-order valence-electron chi connectivity index (χ1n) is 16.1. The van der Waals surface area contributed by atoms with Gasteiger partial charge in [-0.2, -0.15) is 0 Å². The zero-order valence-corrected chi connectivity index (χ0v) is 26.3. The Labute approximate surface area is 276 Å². The highest BCUT2D eigenvalue weighted by molar-refractivity contribution is 7.26. The van der Waals surface area contributed by atoms with E-state index in [1.807, 2.05) is 11.3 Å². The normalized spacial score (nSPS) is 11.8. The van der Waals surface area contributed by atoms with Crippen molar-refractivity contribution in [2.24, 2.45) is 0 Å². The molecule has 0 aliphatic carbocycles. The predicted octanol–water partition coefficient (Wildman–Crippen LogP) is 13.1. The standard InChI is InChI=1S/C45H27NS/c1-2-13-29-26-32(25-24-28(29)12-1)42-35-18-5-3-16-33(35)41(34-17-4-6-19-36(34)42)30-14-11-15-31(27-30)43-37-20-7-9-22-39(37)46-44-38-21-8-10-23-40(38)47-45(43)44/h1-27H. The molecular formula is C45H27NS. The lowest BCUT2D eigenvalue weighted by molar-refractivity contribution is 1.52. The van der Waals surface area contributed by atoms with E-state index in [0.29, 0.717) is 0 Å². The summed E-state index contributed by atoms with van der Waals surface area (Å²) < 4.78 is 2.51. The fourth-order valence-corrected chi connectivity index (χ4v) is 8.77. The Morgan fingerprint density at radius 2 is 0.894 bits per heavy atom. The zero-order chi connectivity index (χ0) is 30.9. The first kappa shape index (κ1) is 26.4. The molecule has 0 N–H and O–H groups in total. The number of rotatable bonds is 3. The summed E-state index contributed by atoms with van der Waals surface area (Å²) in [4.78, 5) is 5.18. The summed E-state index contributed by atoms with van der Waals surface area (Å²) in [5.74, 6) is 0. The van der Waals surface area contributed by atoms with Crippen molar-refractivity contribution in [3.05, 3.63) is 164 Å². The molecule has 0 spiro atoms. The molecule has 0 aliphatic rings. The molecule has 10 aromatic rings. The highest BCUT2D eigenvalue weighted by atomic mass is 32.1. The van der Waals surface area contributed by atoms with E-state index < -0.39 is 0 Å². The van der Waals surface area contributed by atoms with Gasteiger partial charge in [-0.05, 0) is 84.4 Å². The Balaban J connectivity index is 1.27. The van der Waals surface area contributed by atoms with Crippen molar-refractivity contribution < 1.29 is 0 Å². The lowest BCUT2D eigenvalue weighted by Gasteiger charge is -2.18. The minimum atomic E-state index is 1.03. The number of pyridine rings is 1. The Morgan fingerprint density at radius 1 is 0.362 bits per heavy atom. The maximum atomic E-state index is 5.18. The van der Waals surface area contributed by atoms with Crippen LogP contribution in [0.25, 0.3) is 96.9 Å². The molecule has 2 heterocycles. The topological polar surface area (TPSA) is 12.9 Å². The Morgan fingerprint density at radius 3 is 1.60 bits per heavy atom. The van der Waals surface area contributed by atoms with Gasteiger partial charge in [-0.25, -0.2) is 4.98 Å². The van der Waals surface area contributed by atoms with Crippen LogP contribution in [0.15, 0.2) is 164 Å². The second-order valence-electron chi connectivity index (χ2n) is 12.3. The van der Waals surface area contributed by atoms with Gasteiger partial charge < -0.3 is 0 Å². The van der Waals surface area contributed by atoms with E-state index in [0.717, 1.165) is 11.0 Å². The van der Waals surface area contributed by atoms with E-state index >= 15 is 0 Å². The molecule has 0 bridgehead atoms. The average molecular weight is 614 g/mol. The van der Waals surface area contributed by atoms with Gasteiger partial charge in [-0.15, -0.1) is 11.3 Å². The van der Waals surface area contributed by atoms with Crippen molar-refractivity contribution in [1.82, 2.24) is 4.98 Å². The van der Waals surface area contributed by atoms with Gasteiger partial charge in [0.1, 0.15) is 0 Å². The molecule has 8 aromatic carbocycles. The number of hydrogen-bond acceptors (Lipinski definition) is 2. The van der Waals surface area contributed by atoms with Crippen LogP contribution < -0.4 is 0 Å². The number of thiophene rings is 1. The lowest BCUT2D eigenvalue weighted by Crippen LogP contribution is -1.92.